The number of nitrogens with zero attached hydrogens (tertiary/aromatic N) is 2. The van der Waals surface area contributed by atoms with E-state index in [0.717, 1.165) is 18.2 Å². The molecule has 2 rings (SSSR count). The third-order valence-electron chi connectivity index (χ3n) is 3.39. The number of anilines is 1. The molecule has 25 heavy (non-hydrogen) atoms. The van der Waals surface area contributed by atoms with Gasteiger partial charge in [0.05, 0.1) is 11.3 Å². The van der Waals surface area contributed by atoms with Crippen molar-refractivity contribution in [1.29, 1.82) is 0 Å². The maximum absolute atomic E-state index is 12.9. The number of urea groups is 1. The molecule has 0 aromatic heterocycles. The first-order valence-electron chi connectivity index (χ1n) is 7.30. The highest BCUT2D eigenvalue weighted by Crippen LogP contribution is 2.34. The van der Waals surface area contributed by atoms with Gasteiger partial charge in [0.25, 0.3) is 0 Å². The van der Waals surface area contributed by atoms with Gasteiger partial charge in [-0.25, -0.2) is 9.69 Å². The van der Waals surface area contributed by atoms with Gasteiger partial charge in [-0.2, -0.15) is 13.2 Å². The van der Waals surface area contributed by atoms with Crippen molar-refractivity contribution < 1.29 is 32.3 Å². The smallest absolute Gasteiger partial charge is 0.324 e. The van der Waals surface area contributed by atoms with Crippen molar-refractivity contribution in [2.75, 3.05) is 18.4 Å². The van der Waals surface area contributed by atoms with Crippen LogP contribution in [0.5, 0.6) is 0 Å². The third kappa shape index (κ3) is 3.78. The second-order valence-electron chi connectivity index (χ2n) is 5.22. The highest BCUT2D eigenvalue weighted by molar-refractivity contribution is 6.45. The van der Waals surface area contributed by atoms with Gasteiger partial charge in [-0.05, 0) is 18.6 Å². The molecule has 1 N–H and O–H groups in total. The SMILES string of the molecule is CCCN1C(=O)C(=O)N(CC(=O)Nc2ccccc2C(F)(F)F)C1=O. The molecule has 1 saturated heterocycles. The number of halogens is 3. The summed E-state index contributed by atoms with van der Waals surface area (Å²) in [6.07, 6.45) is -4.26. The molecule has 134 valence electrons. The van der Waals surface area contributed by atoms with E-state index in [1.807, 2.05) is 5.32 Å². The largest absolute Gasteiger partial charge is 0.418 e. The lowest BCUT2D eigenvalue weighted by Crippen LogP contribution is -2.39. The summed E-state index contributed by atoms with van der Waals surface area (Å²) in [5.41, 5.74) is -1.57. The first-order valence-corrected chi connectivity index (χ1v) is 7.30. The predicted molar refractivity (Wildman–Crippen MR) is 79.2 cm³/mol. The molecule has 7 nitrogen and oxygen atoms in total. The van der Waals surface area contributed by atoms with Crippen LogP contribution in [0.25, 0.3) is 0 Å². The van der Waals surface area contributed by atoms with Gasteiger partial charge in [-0.1, -0.05) is 19.1 Å². The van der Waals surface area contributed by atoms with Crippen LogP contribution in [0.2, 0.25) is 0 Å². The molecule has 0 unspecified atom stereocenters. The summed E-state index contributed by atoms with van der Waals surface area (Å²) >= 11 is 0. The van der Waals surface area contributed by atoms with Crippen LogP contribution < -0.4 is 5.32 Å². The molecular formula is C15H14F3N3O4. The predicted octanol–water partition coefficient (Wildman–Crippen LogP) is 1.84. The van der Waals surface area contributed by atoms with Crippen LogP contribution in [-0.4, -0.2) is 46.6 Å². The van der Waals surface area contributed by atoms with Crippen molar-refractivity contribution in [1.82, 2.24) is 9.80 Å². The standard InChI is InChI=1S/C15H14F3N3O4/c1-2-7-20-12(23)13(24)21(14(20)25)8-11(22)19-10-6-4-3-5-9(10)15(16,17)18/h3-6H,2,7-8H2,1H3,(H,19,22). The van der Waals surface area contributed by atoms with Crippen LogP contribution in [0, 0.1) is 0 Å². The molecule has 1 aromatic rings. The van der Waals surface area contributed by atoms with Crippen molar-refractivity contribution >= 4 is 29.4 Å². The summed E-state index contributed by atoms with van der Waals surface area (Å²) in [5.74, 6) is -3.27. The first kappa shape index (κ1) is 18.4. The van der Waals surface area contributed by atoms with E-state index in [4.69, 9.17) is 0 Å². The molecule has 5 amide bonds. The lowest BCUT2D eigenvalue weighted by molar-refractivity contribution is -0.143. The number of hydrogen-bond donors (Lipinski definition) is 1. The van der Waals surface area contributed by atoms with E-state index >= 15 is 0 Å². The quantitative estimate of drug-likeness (QED) is 0.644. The fourth-order valence-corrected chi connectivity index (χ4v) is 2.28. The Labute approximate surface area is 140 Å². The fraction of sp³-hybridized carbons (Fsp3) is 0.333. The number of para-hydroxylation sites is 1. The maximum atomic E-state index is 12.9. The van der Waals surface area contributed by atoms with E-state index in [2.05, 4.69) is 0 Å². The Hall–Kier alpha value is -2.91. The Morgan fingerprint density at radius 3 is 2.28 bits per heavy atom. The Morgan fingerprint density at radius 1 is 1.08 bits per heavy atom. The second kappa shape index (κ2) is 6.91. The van der Waals surface area contributed by atoms with Gasteiger partial charge in [-0.3, -0.25) is 19.3 Å². The average molecular weight is 357 g/mol. The van der Waals surface area contributed by atoms with E-state index in [9.17, 15) is 32.3 Å². The minimum Gasteiger partial charge on any atom is -0.324 e. The molecule has 0 radical (unpaired) electrons. The average Bonchev–Trinajstić information content (AvgIpc) is 2.72. The van der Waals surface area contributed by atoms with Gasteiger partial charge in [0.1, 0.15) is 6.54 Å². The van der Waals surface area contributed by atoms with Crippen LogP contribution in [0.1, 0.15) is 18.9 Å². The van der Waals surface area contributed by atoms with E-state index in [0.29, 0.717) is 16.2 Å². The minimum atomic E-state index is -4.68. The molecule has 0 saturated carbocycles. The summed E-state index contributed by atoms with van der Waals surface area (Å²) in [6, 6.07) is 3.32. The van der Waals surface area contributed by atoms with E-state index < -0.39 is 47.7 Å². The lowest BCUT2D eigenvalue weighted by Gasteiger charge is -2.16. The normalized spacial score (nSPS) is 15.1. The number of nitrogens with one attached hydrogen (secondary N) is 1. The summed E-state index contributed by atoms with van der Waals surface area (Å²) < 4.78 is 38.7. The zero-order valence-electron chi connectivity index (χ0n) is 13.1. The van der Waals surface area contributed by atoms with Crippen molar-refractivity contribution in [2.45, 2.75) is 19.5 Å². The number of hydrogen-bond acceptors (Lipinski definition) is 4. The number of carbonyl (C=O) groups is 4. The Kier molecular flexibility index (Phi) is 5.10. The van der Waals surface area contributed by atoms with Crippen LogP contribution >= 0.6 is 0 Å². The number of alkyl halides is 3. The van der Waals surface area contributed by atoms with Gasteiger partial charge in [0, 0.05) is 6.54 Å². The summed E-state index contributed by atoms with van der Waals surface area (Å²) in [5, 5.41) is 2.01. The highest BCUT2D eigenvalue weighted by atomic mass is 19.4. The van der Waals surface area contributed by atoms with Gasteiger partial charge in [0.15, 0.2) is 0 Å². The number of amides is 5. The minimum absolute atomic E-state index is 0.0123. The summed E-state index contributed by atoms with van der Waals surface area (Å²) in [4.78, 5) is 48.5. The van der Waals surface area contributed by atoms with Crippen LogP contribution in [0.15, 0.2) is 24.3 Å². The van der Waals surface area contributed by atoms with Crippen molar-refractivity contribution in [3.05, 3.63) is 29.8 Å². The Morgan fingerprint density at radius 2 is 1.68 bits per heavy atom. The van der Waals surface area contributed by atoms with Crippen LogP contribution in [-0.2, 0) is 20.6 Å². The van der Waals surface area contributed by atoms with Crippen LogP contribution in [0.3, 0.4) is 0 Å². The number of rotatable bonds is 5. The number of carbonyl (C=O) groups excluding carboxylic acids is 4. The molecule has 1 aliphatic rings. The first-order chi connectivity index (χ1) is 11.7. The van der Waals surface area contributed by atoms with Crippen molar-refractivity contribution in [3.63, 3.8) is 0 Å². The van der Waals surface area contributed by atoms with Gasteiger partial charge >= 0.3 is 24.0 Å². The van der Waals surface area contributed by atoms with Gasteiger partial charge in [-0.15, -0.1) is 0 Å². The third-order valence-corrected chi connectivity index (χ3v) is 3.39. The summed E-state index contributed by atoms with van der Waals surface area (Å²) in [6.45, 7) is 0.850. The van der Waals surface area contributed by atoms with Crippen molar-refractivity contribution in [3.8, 4) is 0 Å². The number of benzene rings is 1. The molecule has 0 aliphatic carbocycles. The Bertz CT molecular complexity index is 733. The lowest BCUT2D eigenvalue weighted by atomic mass is 10.1. The Balaban J connectivity index is 2.13. The van der Waals surface area contributed by atoms with E-state index in [1.54, 1.807) is 6.92 Å². The van der Waals surface area contributed by atoms with Crippen molar-refractivity contribution in [2.24, 2.45) is 0 Å². The molecule has 1 heterocycles. The molecular weight excluding hydrogens is 343 g/mol. The van der Waals surface area contributed by atoms with Gasteiger partial charge < -0.3 is 5.32 Å². The van der Waals surface area contributed by atoms with Crippen LogP contribution in [0.4, 0.5) is 23.7 Å². The van der Waals surface area contributed by atoms with Gasteiger partial charge in [0.2, 0.25) is 5.91 Å². The van der Waals surface area contributed by atoms with E-state index in [1.165, 1.54) is 6.07 Å². The molecule has 0 atom stereocenters. The highest BCUT2D eigenvalue weighted by Gasteiger charge is 2.44. The molecule has 1 aliphatic heterocycles. The molecule has 0 bridgehead atoms. The maximum Gasteiger partial charge on any atom is 0.418 e. The molecule has 1 aromatic carbocycles. The molecule has 10 heteroatoms. The zero-order valence-corrected chi connectivity index (χ0v) is 13.1. The fourth-order valence-electron chi connectivity index (χ4n) is 2.28. The molecule has 1 fully saturated rings. The number of imide groups is 2. The second-order valence-corrected chi connectivity index (χ2v) is 5.22. The monoisotopic (exact) mass is 357 g/mol. The molecule has 0 spiro atoms. The summed E-state index contributed by atoms with van der Waals surface area (Å²) in [7, 11) is 0. The topological polar surface area (TPSA) is 86.8 Å². The van der Waals surface area contributed by atoms with E-state index in [-0.39, 0.29) is 6.54 Å². The zero-order chi connectivity index (χ0) is 18.8.